The number of aliphatic carboxylic acids is 2. The van der Waals surface area contributed by atoms with E-state index in [2.05, 4.69) is 50.0 Å². The molecule has 26 heavy (non-hydrogen) atoms. The van der Waals surface area contributed by atoms with Crippen molar-refractivity contribution in [3.8, 4) is 0 Å². The van der Waals surface area contributed by atoms with E-state index in [4.69, 9.17) is 19.8 Å². The molecule has 1 saturated carbocycles. The molecule has 0 spiro atoms. The highest BCUT2D eigenvalue weighted by atomic mass is 79.9. The van der Waals surface area contributed by atoms with Crippen LogP contribution < -0.4 is 0 Å². The van der Waals surface area contributed by atoms with Gasteiger partial charge in [0.25, 0.3) is 0 Å². The third-order valence-electron chi connectivity index (χ3n) is 4.98. The molecule has 0 bridgehead atoms. The van der Waals surface area contributed by atoms with Crippen molar-refractivity contribution >= 4 is 27.9 Å². The van der Waals surface area contributed by atoms with Crippen molar-refractivity contribution in [1.82, 2.24) is 9.80 Å². The predicted molar refractivity (Wildman–Crippen MR) is 103 cm³/mol. The molecule has 0 aromatic heterocycles. The van der Waals surface area contributed by atoms with Crippen molar-refractivity contribution in [3.05, 3.63) is 34.3 Å². The van der Waals surface area contributed by atoms with E-state index in [1.165, 1.54) is 68.3 Å². The molecule has 2 N–H and O–H groups in total. The maximum Gasteiger partial charge on any atom is 0.414 e. The Morgan fingerprint density at radius 2 is 1.62 bits per heavy atom. The number of halogens is 1. The molecular weight excluding hydrogens is 400 g/mol. The molecule has 0 atom stereocenters. The summed E-state index contributed by atoms with van der Waals surface area (Å²) in [6.45, 7) is 6.07. The molecule has 1 aromatic rings. The quantitative estimate of drug-likeness (QED) is 0.722. The van der Waals surface area contributed by atoms with Gasteiger partial charge in [-0.2, -0.15) is 0 Å². The minimum Gasteiger partial charge on any atom is -0.473 e. The van der Waals surface area contributed by atoms with Crippen LogP contribution in [0.5, 0.6) is 0 Å². The Morgan fingerprint density at radius 1 is 1.00 bits per heavy atom. The number of carbonyl (C=O) groups is 2. The third kappa shape index (κ3) is 7.05. The molecule has 1 aliphatic carbocycles. The second-order valence-electron chi connectivity index (χ2n) is 6.84. The highest BCUT2D eigenvalue weighted by Gasteiger charge is 2.24. The van der Waals surface area contributed by atoms with E-state index in [0.717, 1.165) is 12.6 Å². The zero-order valence-corrected chi connectivity index (χ0v) is 16.5. The molecular formula is C19H27BrN2O4. The van der Waals surface area contributed by atoms with Crippen molar-refractivity contribution in [3.63, 3.8) is 0 Å². The van der Waals surface area contributed by atoms with Gasteiger partial charge < -0.3 is 10.2 Å². The molecule has 1 aliphatic heterocycles. The van der Waals surface area contributed by atoms with Gasteiger partial charge in [-0.15, -0.1) is 0 Å². The van der Waals surface area contributed by atoms with Gasteiger partial charge in [-0.25, -0.2) is 9.59 Å². The number of nitrogens with zero attached hydrogens (tertiary/aromatic N) is 2. The summed E-state index contributed by atoms with van der Waals surface area (Å²) >= 11 is 3.56. The first kappa shape index (κ1) is 20.9. The van der Waals surface area contributed by atoms with Crippen LogP contribution in [-0.4, -0.2) is 64.2 Å². The topological polar surface area (TPSA) is 81.1 Å². The van der Waals surface area contributed by atoms with Crippen molar-refractivity contribution in [2.24, 2.45) is 0 Å². The van der Waals surface area contributed by atoms with Crippen LogP contribution in [0.15, 0.2) is 28.7 Å². The van der Waals surface area contributed by atoms with E-state index in [9.17, 15) is 0 Å². The van der Waals surface area contributed by atoms with Crippen molar-refractivity contribution in [1.29, 1.82) is 0 Å². The standard InChI is InChI=1S/C17H25BrN2.C2H2O4/c18-16-6-4-5-15(13-16)14-19-9-11-20(12-10-19)17-7-2-1-3-8-17;3-1(4)2(5)6/h4-6,13,17H,1-3,7-12,14H2;(H,3,4)(H,5,6). The van der Waals surface area contributed by atoms with Crippen LogP contribution in [0.3, 0.4) is 0 Å². The Balaban J connectivity index is 0.000000352. The van der Waals surface area contributed by atoms with Gasteiger partial charge in [0.05, 0.1) is 0 Å². The normalized spacial score (nSPS) is 19.4. The molecule has 3 rings (SSSR count). The first-order valence-corrected chi connectivity index (χ1v) is 9.92. The van der Waals surface area contributed by atoms with Gasteiger partial charge in [0, 0.05) is 43.2 Å². The summed E-state index contributed by atoms with van der Waals surface area (Å²) in [5.74, 6) is -3.65. The van der Waals surface area contributed by atoms with Crippen LogP contribution in [0.1, 0.15) is 37.7 Å². The minimum absolute atomic E-state index is 0.886. The second kappa shape index (κ2) is 10.6. The molecule has 0 amide bonds. The lowest BCUT2D eigenvalue weighted by molar-refractivity contribution is -0.159. The summed E-state index contributed by atoms with van der Waals surface area (Å²) in [6.07, 6.45) is 7.22. The van der Waals surface area contributed by atoms with Crippen LogP contribution in [0.2, 0.25) is 0 Å². The fraction of sp³-hybridized carbons (Fsp3) is 0.579. The molecule has 0 unspecified atom stereocenters. The van der Waals surface area contributed by atoms with Gasteiger partial charge in [-0.3, -0.25) is 9.80 Å². The summed E-state index contributed by atoms with van der Waals surface area (Å²) in [6, 6.07) is 9.60. The number of carboxylic acid groups (broad SMARTS) is 2. The van der Waals surface area contributed by atoms with Gasteiger partial charge in [0.1, 0.15) is 0 Å². The molecule has 2 fully saturated rings. The summed E-state index contributed by atoms with van der Waals surface area (Å²) in [5, 5.41) is 14.8. The third-order valence-corrected chi connectivity index (χ3v) is 5.47. The molecule has 1 aromatic carbocycles. The Morgan fingerprint density at radius 3 is 2.15 bits per heavy atom. The van der Waals surface area contributed by atoms with Gasteiger partial charge in [0.15, 0.2) is 0 Å². The molecule has 1 heterocycles. The number of hydrogen-bond donors (Lipinski definition) is 2. The lowest BCUT2D eigenvalue weighted by atomic mass is 9.94. The van der Waals surface area contributed by atoms with Gasteiger partial charge in [0.2, 0.25) is 0 Å². The summed E-state index contributed by atoms with van der Waals surface area (Å²) in [4.78, 5) is 23.5. The summed E-state index contributed by atoms with van der Waals surface area (Å²) in [7, 11) is 0. The Kier molecular flexibility index (Phi) is 8.54. The van der Waals surface area contributed by atoms with E-state index in [0.29, 0.717) is 0 Å². The first-order valence-electron chi connectivity index (χ1n) is 9.13. The zero-order chi connectivity index (χ0) is 18.9. The van der Waals surface area contributed by atoms with Crippen molar-refractivity contribution in [2.45, 2.75) is 44.7 Å². The molecule has 144 valence electrons. The fourth-order valence-electron chi connectivity index (χ4n) is 3.63. The predicted octanol–water partition coefficient (Wildman–Crippen LogP) is 3.06. The monoisotopic (exact) mass is 426 g/mol. The van der Waals surface area contributed by atoms with E-state index in [-0.39, 0.29) is 0 Å². The Bertz CT molecular complexity index is 585. The highest BCUT2D eigenvalue weighted by Crippen LogP contribution is 2.24. The van der Waals surface area contributed by atoms with Gasteiger partial charge in [-0.1, -0.05) is 47.3 Å². The average molecular weight is 427 g/mol. The Labute approximate surface area is 162 Å². The van der Waals surface area contributed by atoms with Crippen LogP contribution in [0.4, 0.5) is 0 Å². The number of benzene rings is 1. The number of hydrogen-bond acceptors (Lipinski definition) is 4. The molecule has 0 radical (unpaired) electrons. The highest BCUT2D eigenvalue weighted by molar-refractivity contribution is 9.10. The smallest absolute Gasteiger partial charge is 0.414 e. The summed E-state index contributed by atoms with van der Waals surface area (Å²) in [5.41, 5.74) is 1.42. The number of carboxylic acids is 2. The molecule has 2 aliphatic rings. The summed E-state index contributed by atoms with van der Waals surface area (Å²) < 4.78 is 1.19. The fourth-order valence-corrected chi connectivity index (χ4v) is 4.07. The zero-order valence-electron chi connectivity index (χ0n) is 14.9. The van der Waals surface area contributed by atoms with Crippen LogP contribution >= 0.6 is 15.9 Å². The first-order chi connectivity index (χ1) is 12.5. The number of rotatable bonds is 3. The van der Waals surface area contributed by atoms with E-state index in [1.54, 1.807) is 0 Å². The lowest BCUT2D eigenvalue weighted by Crippen LogP contribution is -2.50. The van der Waals surface area contributed by atoms with Crippen LogP contribution in [0, 0.1) is 0 Å². The Hall–Kier alpha value is -1.44. The van der Waals surface area contributed by atoms with Crippen LogP contribution in [0.25, 0.3) is 0 Å². The van der Waals surface area contributed by atoms with Gasteiger partial charge >= 0.3 is 11.9 Å². The largest absolute Gasteiger partial charge is 0.473 e. The van der Waals surface area contributed by atoms with Crippen LogP contribution in [-0.2, 0) is 16.1 Å². The van der Waals surface area contributed by atoms with E-state index in [1.807, 2.05) is 0 Å². The number of piperazine rings is 1. The maximum atomic E-state index is 9.10. The average Bonchev–Trinajstić information content (AvgIpc) is 2.63. The molecule has 6 nitrogen and oxygen atoms in total. The van der Waals surface area contributed by atoms with Gasteiger partial charge in [-0.05, 0) is 30.5 Å². The van der Waals surface area contributed by atoms with Crippen molar-refractivity contribution in [2.75, 3.05) is 26.2 Å². The molecule has 7 heteroatoms. The second-order valence-corrected chi connectivity index (χ2v) is 7.76. The maximum absolute atomic E-state index is 9.10. The van der Waals surface area contributed by atoms with E-state index >= 15 is 0 Å². The molecule has 1 saturated heterocycles. The van der Waals surface area contributed by atoms with Crippen molar-refractivity contribution < 1.29 is 19.8 Å². The SMILES string of the molecule is Brc1cccc(CN2CCN(C3CCCCC3)CC2)c1.O=C(O)C(=O)O. The van der Waals surface area contributed by atoms with E-state index < -0.39 is 11.9 Å². The lowest BCUT2D eigenvalue weighted by Gasteiger charge is -2.40. The minimum atomic E-state index is -1.82.